The molecular weight excluding hydrogens is 504 g/mol. The van der Waals surface area contributed by atoms with Crippen molar-refractivity contribution in [1.82, 2.24) is 15.0 Å². The van der Waals surface area contributed by atoms with E-state index in [9.17, 15) is 22.4 Å². The summed E-state index contributed by atoms with van der Waals surface area (Å²) in [6.45, 7) is 3.52. The van der Waals surface area contributed by atoms with Crippen LogP contribution in [0.25, 0.3) is 11.3 Å². The molecule has 0 aliphatic rings. The average Bonchev–Trinajstić information content (AvgIpc) is 2.88. The van der Waals surface area contributed by atoms with Crippen LogP contribution in [-0.4, -0.2) is 28.0 Å². The predicted octanol–water partition coefficient (Wildman–Crippen LogP) is 6.79. The van der Waals surface area contributed by atoms with E-state index in [0.717, 1.165) is 6.07 Å². The number of carbonyl (C=O) groups is 1. The van der Waals surface area contributed by atoms with E-state index in [1.54, 1.807) is 57.6 Å². The lowest BCUT2D eigenvalue weighted by Gasteiger charge is -2.16. The summed E-state index contributed by atoms with van der Waals surface area (Å²) in [7, 11) is 1.71. The van der Waals surface area contributed by atoms with Crippen LogP contribution in [0.5, 0.6) is 11.6 Å². The minimum Gasteiger partial charge on any atom is -0.438 e. The van der Waals surface area contributed by atoms with Gasteiger partial charge >= 0.3 is 12.2 Å². The Morgan fingerprint density at radius 3 is 2.47 bits per heavy atom. The molecule has 4 rings (SSSR count). The third kappa shape index (κ3) is 5.97. The molecule has 8 nitrogen and oxygen atoms in total. The number of rotatable bonds is 6. The van der Waals surface area contributed by atoms with E-state index in [1.807, 2.05) is 6.07 Å². The number of benzene rings is 2. The summed E-state index contributed by atoms with van der Waals surface area (Å²) in [5, 5.41) is 7.68. The zero-order valence-electron chi connectivity index (χ0n) is 20.4. The van der Waals surface area contributed by atoms with Crippen molar-refractivity contribution in [2.75, 3.05) is 23.0 Å². The van der Waals surface area contributed by atoms with Gasteiger partial charge in [0.1, 0.15) is 11.6 Å². The molecule has 2 amide bonds. The van der Waals surface area contributed by atoms with Gasteiger partial charge in [0, 0.05) is 30.8 Å². The Morgan fingerprint density at radius 2 is 1.74 bits per heavy atom. The van der Waals surface area contributed by atoms with E-state index in [0.29, 0.717) is 57.8 Å². The third-order valence-electron chi connectivity index (χ3n) is 5.60. The summed E-state index contributed by atoms with van der Waals surface area (Å²) < 4.78 is 58.6. The highest BCUT2D eigenvalue weighted by molar-refractivity contribution is 6.00. The SMILES string of the molecule is CNc1nccc(-c2cccnc2Oc2ccc(NC(=O)Nc3cc(F)cc(C(F)(F)F)c3)c(C)c2C)n1. The molecule has 12 heteroatoms. The van der Waals surface area contributed by atoms with Gasteiger partial charge in [-0.25, -0.2) is 24.1 Å². The topological polar surface area (TPSA) is 101 Å². The van der Waals surface area contributed by atoms with Crippen molar-refractivity contribution in [1.29, 1.82) is 0 Å². The highest BCUT2D eigenvalue weighted by Gasteiger charge is 2.31. The number of hydrogen-bond donors (Lipinski definition) is 3. The first-order valence-corrected chi connectivity index (χ1v) is 11.2. The van der Waals surface area contributed by atoms with Crippen LogP contribution in [0.3, 0.4) is 0 Å². The Kier molecular flexibility index (Phi) is 7.42. The van der Waals surface area contributed by atoms with E-state index >= 15 is 0 Å². The minimum absolute atomic E-state index is 0.306. The fourth-order valence-electron chi connectivity index (χ4n) is 3.55. The Balaban J connectivity index is 1.53. The number of hydrogen-bond acceptors (Lipinski definition) is 6. The van der Waals surface area contributed by atoms with Crippen molar-refractivity contribution in [2.24, 2.45) is 0 Å². The number of ether oxygens (including phenoxy) is 1. The number of aromatic nitrogens is 3. The summed E-state index contributed by atoms with van der Waals surface area (Å²) in [6.07, 6.45) is -1.56. The van der Waals surface area contributed by atoms with Gasteiger partial charge in [-0.15, -0.1) is 0 Å². The molecule has 0 radical (unpaired) electrons. The Morgan fingerprint density at radius 1 is 0.947 bits per heavy atom. The number of halogens is 4. The van der Waals surface area contributed by atoms with Gasteiger partial charge in [-0.05, 0) is 73.5 Å². The summed E-state index contributed by atoms with van der Waals surface area (Å²) >= 11 is 0. The molecule has 0 saturated heterocycles. The van der Waals surface area contributed by atoms with E-state index in [2.05, 4.69) is 30.9 Å². The molecule has 0 atom stereocenters. The van der Waals surface area contributed by atoms with E-state index in [-0.39, 0.29) is 5.69 Å². The number of amides is 2. The predicted molar refractivity (Wildman–Crippen MR) is 135 cm³/mol. The summed E-state index contributed by atoms with van der Waals surface area (Å²) in [4.78, 5) is 25.3. The van der Waals surface area contributed by atoms with Gasteiger partial charge in [0.2, 0.25) is 11.8 Å². The lowest BCUT2D eigenvalue weighted by atomic mass is 10.1. The highest BCUT2D eigenvalue weighted by atomic mass is 19.4. The molecule has 2 aromatic carbocycles. The lowest BCUT2D eigenvalue weighted by molar-refractivity contribution is -0.137. The number of nitrogens with zero attached hydrogens (tertiary/aromatic N) is 3. The molecule has 0 saturated carbocycles. The van der Waals surface area contributed by atoms with Gasteiger partial charge in [0.05, 0.1) is 16.8 Å². The first-order valence-electron chi connectivity index (χ1n) is 11.2. The van der Waals surface area contributed by atoms with Gasteiger partial charge in [0.15, 0.2) is 0 Å². The van der Waals surface area contributed by atoms with E-state index in [4.69, 9.17) is 4.74 Å². The first kappa shape index (κ1) is 26.3. The van der Waals surface area contributed by atoms with Gasteiger partial charge in [0.25, 0.3) is 0 Å². The monoisotopic (exact) mass is 526 g/mol. The number of urea groups is 1. The highest BCUT2D eigenvalue weighted by Crippen LogP contribution is 2.35. The van der Waals surface area contributed by atoms with Crippen molar-refractivity contribution >= 4 is 23.4 Å². The van der Waals surface area contributed by atoms with Crippen LogP contribution in [0, 0.1) is 19.7 Å². The zero-order valence-corrected chi connectivity index (χ0v) is 20.4. The van der Waals surface area contributed by atoms with Crippen LogP contribution < -0.4 is 20.7 Å². The van der Waals surface area contributed by atoms with E-state index in [1.165, 1.54) is 0 Å². The molecule has 0 bridgehead atoms. The van der Waals surface area contributed by atoms with E-state index < -0.39 is 23.6 Å². The lowest BCUT2D eigenvalue weighted by Crippen LogP contribution is -2.20. The average molecular weight is 526 g/mol. The van der Waals surface area contributed by atoms with Crippen molar-refractivity contribution in [2.45, 2.75) is 20.0 Å². The molecule has 3 N–H and O–H groups in total. The van der Waals surface area contributed by atoms with Gasteiger partial charge < -0.3 is 20.7 Å². The van der Waals surface area contributed by atoms with Crippen molar-refractivity contribution < 1.29 is 27.1 Å². The van der Waals surface area contributed by atoms with Crippen LogP contribution in [0.15, 0.2) is 60.9 Å². The molecule has 0 fully saturated rings. The number of nitrogens with one attached hydrogen (secondary N) is 3. The van der Waals surface area contributed by atoms with Crippen molar-refractivity contribution in [3.05, 3.63) is 83.4 Å². The van der Waals surface area contributed by atoms with Crippen LogP contribution in [0.4, 0.5) is 39.7 Å². The number of pyridine rings is 1. The van der Waals surface area contributed by atoms with Crippen LogP contribution in [0.2, 0.25) is 0 Å². The normalized spacial score (nSPS) is 11.1. The Labute approximate surface area is 215 Å². The smallest absolute Gasteiger partial charge is 0.416 e. The molecule has 196 valence electrons. The molecule has 2 aromatic heterocycles. The third-order valence-corrected chi connectivity index (χ3v) is 5.60. The fraction of sp³-hybridized carbons (Fsp3) is 0.154. The van der Waals surface area contributed by atoms with Crippen molar-refractivity contribution in [3.8, 4) is 22.9 Å². The maximum atomic E-state index is 13.6. The summed E-state index contributed by atoms with van der Waals surface area (Å²) in [6, 6.07) is 9.46. The summed E-state index contributed by atoms with van der Waals surface area (Å²) in [5.74, 6) is 0.0876. The number of anilines is 3. The minimum atomic E-state index is -4.76. The molecule has 0 aliphatic heterocycles. The second-order valence-electron chi connectivity index (χ2n) is 8.14. The summed E-state index contributed by atoms with van der Waals surface area (Å²) in [5.41, 5.74) is 1.40. The number of alkyl halides is 3. The largest absolute Gasteiger partial charge is 0.438 e. The van der Waals surface area contributed by atoms with Gasteiger partial charge in [-0.2, -0.15) is 13.2 Å². The van der Waals surface area contributed by atoms with Gasteiger partial charge in [-0.3, -0.25) is 0 Å². The Bertz CT molecular complexity index is 1490. The second-order valence-corrected chi connectivity index (χ2v) is 8.14. The van der Waals surface area contributed by atoms with Crippen LogP contribution in [0.1, 0.15) is 16.7 Å². The van der Waals surface area contributed by atoms with Crippen LogP contribution >= 0.6 is 0 Å². The maximum Gasteiger partial charge on any atom is 0.416 e. The quantitative estimate of drug-likeness (QED) is 0.239. The standard InChI is InChI=1S/C26H22F4N6O2/c1-14-15(2)22(38-23-19(5-4-9-32-23)21-8-10-33-24(31-3)35-21)7-6-20(14)36-25(37)34-18-12-16(26(28,29)30)11-17(27)13-18/h4-13H,1-3H3,(H,31,33,35)(H2,34,36,37). The molecular formula is C26H22F4N6O2. The molecule has 4 aromatic rings. The number of carbonyl (C=O) groups excluding carboxylic acids is 1. The molecule has 0 aliphatic carbocycles. The first-order chi connectivity index (χ1) is 18.0. The maximum absolute atomic E-state index is 13.6. The second kappa shape index (κ2) is 10.7. The fourth-order valence-corrected chi connectivity index (χ4v) is 3.55. The molecule has 2 heterocycles. The van der Waals surface area contributed by atoms with Crippen molar-refractivity contribution in [3.63, 3.8) is 0 Å². The van der Waals surface area contributed by atoms with Crippen LogP contribution in [-0.2, 0) is 6.18 Å². The Hall–Kier alpha value is -4.74. The van der Waals surface area contributed by atoms with Gasteiger partial charge in [-0.1, -0.05) is 0 Å². The zero-order chi connectivity index (χ0) is 27.4. The molecule has 0 unspecified atom stereocenters. The molecule has 38 heavy (non-hydrogen) atoms. The molecule has 0 spiro atoms.